The van der Waals surface area contributed by atoms with E-state index in [1.54, 1.807) is 0 Å². The molecule has 2 heterocycles. The van der Waals surface area contributed by atoms with E-state index in [0.717, 1.165) is 11.8 Å². The first-order valence-electron chi connectivity index (χ1n) is 4.32. The van der Waals surface area contributed by atoms with Crippen molar-refractivity contribution in [3.63, 3.8) is 0 Å². The van der Waals surface area contributed by atoms with Crippen LogP contribution in [0.4, 0.5) is 0 Å². The highest BCUT2D eigenvalue weighted by Gasteiger charge is 2.29. The summed E-state index contributed by atoms with van der Waals surface area (Å²) in [5, 5.41) is 3.53. The zero-order chi connectivity index (χ0) is 6.97. The second kappa shape index (κ2) is 3.90. The van der Waals surface area contributed by atoms with E-state index >= 15 is 0 Å². The fraction of sp³-hybridized carbons (Fsp3) is 0.778. The molecule has 0 amide bonds. The lowest BCUT2D eigenvalue weighted by atomic mass is 9.78. The highest BCUT2D eigenvalue weighted by atomic mass is 127. The summed E-state index contributed by atoms with van der Waals surface area (Å²) in [5.74, 6) is 1.76. The van der Waals surface area contributed by atoms with Gasteiger partial charge in [-0.15, -0.1) is 24.0 Å². The van der Waals surface area contributed by atoms with Crippen molar-refractivity contribution in [2.24, 2.45) is 11.8 Å². The van der Waals surface area contributed by atoms with Gasteiger partial charge in [0.15, 0.2) is 0 Å². The minimum absolute atomic E-state index is 0. The summed E-state index contributed by atoms with van der Waals surface area (Å²) in [6.45, 7) is 3.51. The van der Waals surface area contributed by atoms with Gasteiger partial charge >= 0.3 is 0 Å². The van der Waals surface area contributed by atoms with Gasteiger partial charge < -0.3 is 5.32 Å². The van der Waals surface area contributed by atoms with Crippen LogP contribution in [0, 0.1) is 11.8 Å². The van der Waals surface area contributed by atoms with E-state index in [1.165, 1.54) is 19.4 Å². The maximum Gasteiger partial charge on any atom is 0.0278 e. The van der Waals surface area contributed by atoms with Crippen molar-refractivity contribution in [3.8, 4) is 0 Å². The van der Waals surface area contributed by atoms with Crippen molar-refractivity contribution in [2.45, 2.75) is 25.8 Å². The molecule has 0 saturated carbocycles. The first-order chi connectivity index (χ1) is 4.90. The van der Waals surface area contributed by atoms with Gasteiger partial charge in [-0.05, 0) is 18.3 Å². The standard InChI is InChI=1S/C9H15N.HI/c1-2-8-5-7-3-4-9(8)10-6-7;/h3-4,7-10H,2,5-6H2,1H3;1H. The SMILES string of the molecule is CCC1CC2C=CC1NC2.I. The molecular formula is C9H16IN. The zero-order valence-corrected chi connectivity index (χ0v) is 9.25. The van der Waals surface area contributed by atoms with E-state index in [-0.39, 0.29) is 24.0 Å². The quantitative estimate of drug-likeness (QED) is 0.566. The van der Waals surface area contributed by atoms with Gasteiger partial charge in [-0.25, -0.2) is 0 Å². The topological polar surface area (TPSA) is 12.0 Å². The third-order valence-electron chi connectivity index (χ3n) is 2.84. The van der Waals surface area contributed by atoms with Crippen LogP contribution in [-0.4, -0.2) is 12.6 Å². The first-order valence-corrected chi connectivity index (χ1v) is 4.32. The van der Waals surface area contributed by atoms with Gasteiger partial charge in [0.2, 0.25) is 0 Å². The Morgan fingerprint density at radius 1 is 1.45 bits per heavy atom. The summed E-state index contributed by atoms with van der Waals surface area (Å²) in [7, 11) is 0. The molecule has 2 bridgehead atoms. The lowest BCUT2D eigenvalue weighted by Crippen LogP contribution is -2.46. The fourth-order valence-electron chi connectivity index (χ4n) is 2.14. The Kier molecular flexibility index (Phi) is 3.37. The molecule has 1 nitrogen and oxygen atoms in total. The molecule has 2 aliphatic heterocycles. The number of piperidine rings is 1. The predicted octanol–water partition coefficient (Wildman–Crippen LogP) is 2.18. The number of hydrogen-bond donors (Lipinski definition) is 1. The van der Waals surface area contributed by atoms with Crippen molar-refractivity contribution < 1.29 is 0 Å². The Hall–Kier alpha value is 0.430. The molecule has 64 valence electrons. The van der Waals surface area contributed by atoms with Crippen LogP contribution in [0.15, 0.2) is 12.2 Å². The molecule has 0 aromatic rings. The molecule has 0 spiro atoms. The van der Waals surface area contributed by atoms with Gasteiger partial charge in [-0.1, -0.05) is 25.5 Å². The third-order valence-corrected chi connectivity index (χ3v) is 2.84. The van der Waals surface area contributed by atoms with Crippen molar-refractivity contribution >= 4 is 24.0 Å². The fourth-order valence-corrected chi connectivity index (χ4v) is 2.14. The Labute approximate surface area is 85.7 Å². The molecule has 1 saturated heterocycles. The second-order valence-corrected chi connectivity index (χ2v) is 3.48. The Morgan fingerprint density at radius 3 is 2.55 bits per heavy atom. The van der Waals surface area contributed by atoms with Crippen molar-refractivity contribution in [2.75, 3.05) is 6.54 Å². The Bertz CT molecular complexity index is 156. The highest BCUT2D eigenvalue weighted by Crippen LogP contribution is 2.29. The van der Waals surface area contributed by atoms with E-state index in [0.29, 0.717) is 6.04 Å². The number of nitrogens with one attached hydrogen (secondary N) is 1. The molecule has 1 fully saturated rings. The molecular weight excluding hydrogens is 249 g/mol. The van der Waals surface area contributed by atoms with Crippen LogP contribution in [0.1, 0.15) is 19.8 Å². The first kappa shape index (κ1) is 9.52. The molecule has 1 N–H and O–H groups in total. The molecule has 0 aromatic heterocycles. The number of hydrogen-bond acceptors (Lipinski definition) is 1. The van der Waals surface area contributed by atoms with E-state index in [1.807, 2.05) is 0 Å². The zero-order valence-electron chi connectivity index (χ0n) is 6.92. The Morgan fingerprint density at radius 2 is 2.27 bits per heavy atom. The van der Waals surface area contributed by atoms with Crippen LogP contribution in [0.3, 0.4) is 0 Å². The lowest BCUT2D eigenvalue weighted by molar-refractivity contribution is 0.250. The average molecular weight is 265 g/mol. The maximum absolute atomic E-state index is 3.53. The van der Waals surface area contributed by atoms with Gasteiger partial charge in [-0.2, -0.15) is 0 Å². The predicted molar refractivity (Wildman–Crippen MR) is 58.2 cm³/mol. The van der Waals surface area contributed by atoms with Gasteiger partial charge in [-0.3, -0.25) is 0 Å². The molecule has 3 rings (SSSR count). The largest absolute Gasteiger partial charge is 0.310 e. The van der Waals surface area contributed by atoms with Gasteiger partial charge in [0.05, 0.1) is 0 Å². The minimum atomic E-state index is 0. The summed E-state index contributed by atoms with van der Waals surface area (Å²) in [6, 6.07) is 0.704. The van der Waals surface area contributed by atoms with Crippen LogP contribution in [0.5, 0.6) is 0 Å². The van der Waals surface area contributed by atoms with Crippen LogP contribution in [0.25, 0.3) is 0 Å². The monoisotopic (exact) mass is 265 g/mol. The van der Waals surface area contributed by atoms with E-state index in [4.69, 9.17) is 0 Å². The molecule has 3 unspecified atom stereocenters. The Balaban J connectivity index is 0.000000605. The molecule has 11 heavy (non-hydrogen) atoms. The van der Waals surface area contributed by atoms with Crippen LogP contribution in [-0.2, 0) is 0 Å². The van der Waals surface area contributed by atoms with Crippen molar-refractivity contribution in [1.82, 2.24) is 5.32 Å². The minimum Gasteiger partial charge on any atom is -0.310 e. The normalized spacial score (nSPS) is 40.3. The second-order valence-electron chi connectivity index (χ2n) is 3.48. The molecule has 2 heteroatoms. The number of fused-ring (bicyclic) bond motifs is 2. The van der Waals surface area contributed by atoms with Crippen molar-refractivity contribution in [3.05, 3.63) is 12.2 Å². The van der Waals surface area contributed by atoms with E-state index in [9.17, 15) is 0 Å². The van der Waals surface area contributed by atoms with E-state index < -0.39 is 0 Å². The summed E-state index contributed by atoms with van der Waals surface area (Å²) < 4.78 is 0. The third kappa shape index (κ3) is 1.78. The number of rotatable bonds is 1. The highest BCUT2D eigenvalue weighted by molar-refractivity contribution is 14.0. The van der Waals surface area contributed by atoms with Crippen LogP contribution >= 0.6 is 24.0 Å². The maximum atomic E-state index is 3.53. The molecule has 0 aromatic carbocycles. The van der Waals surface area contributed by atoms with Crippen LogP contribution in [0.2, 0.25) is 0 Å². The smallest absolute Gasteiger partial charge is 0.0278 e. The molecule has 3 atom stereocenters. The van der Waals surface area contributed by atoms with Gasteiger partial charge in [0.25, 0.3) is 0 Å². The van der Waals surface area contributed by atoms with Crippen molar-refractivity contribution in [1.29, 1.82) is 0 Å². The number of halogens is 1. The van der Waals surface area contributed by atoms with E-state index in [2.05, 4.69) is 24.4 Å². The molecule has 0 radical (unpaired) electrons. The lowest BCUT2D eigenvalue weighted by Gasteiger charge is -2.38. The van der Waals surface area contributed by atoms with Crippen LogP contribution < -0.4 is 5.32 Å². The average Bonchev–Trinajstić information content (AvgIpc) is 2.06. The molecule has 3 aliphatic rings. The summed E-state index contributed by atoms with van der Waals surface area (Å²) >= 11 is 0. The summed E-state index contributed by atoms with van der Waals surface area (Å²) in [6.07, 6.45) is 7.49. The van der Waals surface area contributed by atoms with Gasteiger partial charge in [0, 0.05) is 12.6 Å². The van der Waals surface area contributed by atoms with Gasteiger partial charge in [0.1, 0.15) is 0 Å². The molecule has 1 aliphatic carbocycles. The summed E-state index contributed by atoms with van der Waals surface area (Å²) in [4.78, 5) is 0. The summed E-state index contributed by atoms with van der Waals surface area (Å²) in [5.41, 5.74) is 0.